The molecule has 1 aromatic heterocycles. The molecule has 1 aliphatic rings. The molecule has 0 radical (unpaired) electrons. The lowest BCUT2D eigenvalue weighted by atomic mass is 9.98. The van der Waals surface area contributed by atoms with E-state index in [4.69, 9.17) is 0 Å². The molecule has 3 aromatic rings. The third-order valence-corrected chi connectivity index (χ3v) is 5.91. The second-order valence-electron chi connectivity index (χ2n) is 7.12. The number of benzene rings is 2. The van der Waals surface area contributed by atoms with Gasteiger partial charge in [-0.1, -0.05) is 0 Å². The summed E-state index contributed by atoms with van der Waals surface area (Å²) < 4.78 is 33.7. The zero-order chi connectivity index (χ0) is 20.0. The molecule has 1 aliphatic heterocycles. The predicted molar refractivity (Wildman–Crippen MR) is 105 cm³/mol. The van der Waals surface area contributed by atoms with Gasteiger partial charge in [-0.25, -0.2) is 8.78 Å². The number of rotatable bonds is 2. The van der Waals surface area contributed by atoms with E-state index < -0.39 is 17.4 Å². The van der Waals surface area contributed by atoms with E-state index in [1.807, 2.05) is 13.8 Å². The number of fused-ring (bicyclic) bond motifs is 1. The van der Waals surface area contributed by atoms with Crippen molar-refractivity contribution < 1.29 is 18.7 Å². The summed E-state index contributed by atoms with van der Waals surface area (Å²) in [7, 11) is 0. The van der Waals surface area contributed by atoms with Gasteiger partial charge in [-0.15, -0.1) is 0 Å². The standard InChI is InChI=1S/C20H19F2N3O2S/c1-10-7-23-8-11(2)25(10)20(27)15-4-12(3-13-9-24-28-19(13)15)18-16(21)5-14(26)6-17(18)22/h3-6,9-11,23,26H,7-8H2,1-2H3/t10-,11+. The second-order valence-corrected chi connectivity index (χ2v) is 7.92. The van der Waals surface area contributed by atoms with Crippen LogP contribution in [0.3, 0.4) is 0 Å². The largest absolute Gasteiger partial charge is 0.508 e. The molecule has 2 heterocycles. The fourth-order valence-corrected chi connectivity index (χ4v) is 4.53. The van der Waals surface area contributed by atoms with Gasteiger partial charge in [-0.3, -0.25) is 4.79 Å². The number of phenolic OH excluding ortho intramolecular Hbond substituents is 1. The summed E-state index contributed by atoms with van der Waals surface area (Å²) in [6.07, 6.45) is 1.58. The smallest absolute Gasteiger partial charge is 0.255 e. The van der Waals surface area contributed by atoms with Crippen LogP contribution in [0.15, 0.2) is 30.5 Å². The summed E-state index contributed by atoms with van der Waals surface area (Å²) in [5.74, 6) is -2.45. The first-order valence-corrected chi connectivity index (χ1v) is 9.74. The Morgan fingerprint density at radius 2 is 1.82 bits per heavy atom. The molecular weight excluding hydrogens is 384 g/mol. The average Bonchev–Trinajstić information content (AvgIpc) is 3.08. The summed E-state index contributed by atoms with van der Waals surface area (Å²) in [6, 6.07) is 4.82. The van der Waals surface area contributed by atoms with Crippen molar-refractivity contribution in [2.75, 3.05) is 13.1 Å². The highest BCUT2D eigenvalue weighted by Gasteiger charge is 2.31. The molecule has 2 atom stereocenters. The second kappa shape index (κ2) is 7.10. The number of piperazine rings is 1. The molecule has 0 aliphatic carbocycles. The number of nitrogens with zero attached hydrogens (tertiary/aromatic N) is 2. The first kappa shape index (κ1) is 18.8. The highest BCUT2D eigenvalue weighted by molar-refractivity contribution is 7.13. The number of nitrogens with one attached hydrogen (secondary N) is 1. The summed E-state index contributed by atoms with van der Waals surface area (Å²) >= 11 is 1.18. The van der Waals surface area contributed by atoms with Crippen molar-refractivity contribution in [3.8, 4) is 16.9 Å². The molecule has 2 aromatic carbocycles. The lowest BCUT2D eigenvalue weighted by molar-refractivity contribution is 0.0547. The van der Waals surface area contributed by atoms with E-state index in [2.05, 4.69) is 9.69 Å². The van der Waals surface area contributed by atoms with Crippen molar-refractivity contribution in [3.63, 3.8) is 0 Å². The number of phenols is 1. The number of hydrogen-bond donors (Lipinski definition) is 2. The number of carbonyl (C=O) groups excluding carboxylic acids is 1. The van der Waals surface area contributed by atoms with Gasteiger partial charge in [0.1, 0.15) is 17.4 Å². The predicted octanol–water partition coefficient (Wildman–Crippen LogP) is 3.77. The van der Waals surface area contributed by atoms with E-state index in [1.54, 1.807) is 17.2 Å². The molecule has 1 saturated heterocycles. The van der Waals surface area contributed by atoms with E-state index >= 15 is 0 Å². The van der Waals surface area contributed by atoms with Gasteiger partial charge in [0.05, 0.1) is 15.8 Å². The van der Waals surface area contributed by atoms with Crippen molar-refractivity contribution in [3.05, 3.63) is 47.7 Å². The summed E-state index contributed by atoms with van der Waals surface area (Å²) in [4.78, 5) is 15.2. The number of halogens is 2. The molecule has 0 unspecified atom stereocenters. The molecule has 28 heavy (non-hydrogen) atoms. The Morgan fingerprint density at radius 3 is 2.46 bits per heavy atom. The molecule has 1 amide bonds. The van der Waals surface area contributed by atoms with Crippen LogP contribution in [0.2, 0.25) is 0 Å². The minimum absolute atomic E-state index is 0.00924. The Morgan fingerprint density at radius 1 is 1.18 bits per heavy atom. The first-order valence-electron chi connectivity index (χ1n) is 8.97. The lowest BCUT2D eigenvalue weighted by Gasteiger charge is -2.39. The number of aromatic hydroxyl groups is 1. The highest BCUT2D eigenvalue weighted by Crippen LogP contribution is 2.35. The maximum absolute atomic E-state index is 14.4. The van der Waals surface area contributed by atoms with Gasteiger partial charge >= 0.3 is 0 Å². The topological polar surface area (TPSA) is 65.5 Å². The van der Waals surface area contributed by atoms with Gasteiger partial charge in [-0.2, -0.15) is 4.37 Å². The van der Waals surface area contributed by atoms with Crippen molar-refractivity contribution in [2.45, 2.75) is 25.9 Å². The van der Waals surface area contributed by atoms with E-state index in [0.717, 1.165) is 12.1 Å². The number of aromatic nitrogens is 1. The maximum Gasteiger partial charge on any atom is 0.255 e. The Kier molecular flexibility index (Phi) is 4.76. The van der Waals surface area contributed by atoms with Gasteiger partial charge < -0.3 is 15.3 Å². The number of hydrogen-bond acceptors (Lipinski definition) is 5. The van der Waals surface area contributed by atoms with Gasteiger partial charge in [0, 0.05) is 48.9 Å². The van der Waals surface area contributed by atoms with E-state index in [1.165, 1.54) is 17.6 Å². The fourth-order valence-electron chi connectivity index (χ4n) is 3.80. The number of carbonyl (C=O) groups is 1. The molecule has 4 rings (SSSR count). The van der Waals surface area contributed by atoms with Crippen LogP contribution in [0, 0.1) is 11.6 Å². The zero-order valence-electron chi connectivity index (χ0n) is 15.4. The molecule has 2 N–H and O–H groups in total. The summed E-state index contributed by atoms with van der Waals surface area (Å²) in [5.41, 5.74) is 0.338. The summed E-state index contributed by atoms with van der Waals surface area (Å²) in [6.45, 7) is 5.30. The minimum Gasteiger partial charge on any atom is -0.508 e. The monoisotopic (exact) mass is 403 g/mol. The Hall–Kier alpha value is -2.58. The van der Waals surface area contributed by atoms with Gasteiger partial charge in [0.15, 0.2) is 0 Å². The van der Waals surface area contributed by atoms with Crippen molar-refractivity contribution >= 4 is 27.5 Å². The highest BCUT2D eigenvalue weighted by atomic mass is 32.1. The van der Waals surface area contributed by atoms with Crippen LogP contribution in [0.25, 0.3) is 21.2 Å². The average molecular weight is 403 g/mol. The van der Waals surface area contributed by atoms with Crippen LogP contribution in [0.1, 0.15) is 24.2 Å². The molecule has 5 nitrogen and oxygen atoms in total. The quantitative estimate of drug-likeness (QED) is 0.684. The fraction of sp³-hybridized carbons (Fsp3) is 0.300. The van der Waals surface area contributed by atoms with Crippen LogP contribution in [-0.2, 0) is 0 Å². The zero-order valence-corrected chi connectivity index (χ0v) is 16.2. The van der Waals surface area contributed by atoms with Crippen molar-refractivity contribution in [1.82, 2.24) is 14.6 Å². The molecular formula is C20H19F2N3O2S. The SMILES string of the molecule is C[C@@H]1CNC[C@H](C)N1C(=O)c1cc(-c2c(F)cc(O)cc2F)cc2cnsc12. The third-order valence-electron chi connectivity index (χ3n) is 5.06. The Bertz CT molecular complexity index is 1040. The molecule has 0 spiro atoms. The van der Waals surface area contributed by atoms with Crippen molar-refractivity contribution in [1.29, 1.82) is 0 Å². The molecule has 146 valence electrons. The van der Waals surface area contributed by atoms with Crippen LogP contribution < -0.4 is 5.32 Å². The van der Waals surface area contributed by atoms with E-state index in [9.17, 15) is 18.7 Å². The molecule has 1 fully saturated rings. The molecule has 0 bridgehead atoms. The Balaban J connectivity index is 1.88. The van der Waals surface area contributed by atoms with Gasteiger partial charge in [0.2, 0.25) is 0 Å². The van der Waals surface area contributed by atoms with Crippen LogP contribution in [0.5, 0.6) is 5.75 Å². The number of amides is 1. The molecule has 0 saturated carbocycles. The molecule has 8 heteroatoms. The Labute approximate surface area is 164 Å². The van der Waals surface area contributed by atoms with E-state index in [0.29, 0.717) is 28.7 Å². The summed E-state index contributed by atoms with van der Waals surface area (Å²) in [5, 5.41) is 13.4. The van der Waals surface area contributed by atoms with Crippen LogP contribution in [-0.4, -0.2) is 45.5 Å². The maximum atomic E-state index is 14.4. The lowest BCUT2D eigenvalue weighted by Crippen LogP contribution is -2.57. The van der Waals surface area contributed by atoms with Crippen molar-refractivity contribution in [2.24, 2.45) is 0 Å². The van der Waals surface area contributed by atoms with E-state index in [-0.39, 0.29) is 29.1 Å². The third kappa shape index (κ3) is 3.12. The van der Waals surface area contributed by atoms with Crippen LogP contribution in [0.4, 0.5) is 8.78 Å². The van der Waals surface area contributed by atoms with Crippen LogP contribution >= 0.6 is 11.5 Å². The van der Waals surface area contributed by atoms with Gasteiger partial charge in [0.25, 0.3) is 5.91 Å². The normalized spacial score (nSPS) is 19.9. The first-order chi connectivity index (χ1) is 13.4. The minimum atomic E-state index is -0.887. The van der Waals surface area contributed by atoms with Gasteiger partial charge in [-0.05, 0) is 43.1 Å².